The van der Waals surface area contributed by atoms with E-state index < -0.39 is 6.04 Å². The lowest BCUT2D eigenvalue weighted by atomic mass is 9.96. The molecule has 22 heavy (non-hydrogen) atoms. The molecule has 2 fully saturated rings. The molecule has 0 aromatic heterocycles. The largest absolute Gasteiger partial charge is 0.345 e. The van der Waals surface area contributed by atoms with Crippen LogP contribution in [0.3, 0.4) is 0 Å². The van der Waals surface area contributed by atoms with Gasteiger partial charge in [0.25, 0.3) is 0 Å². The van der Waals surface area contributed by atoms with Crippen LogP contribution >= 0.6 is 0 Å². The standard InChI is InChI=1S/C17H31N3O2/c1-14(18-15(2)21)17(22)20-11-7-8-16(13-20)12-19-9-5-3-4-6-10-19/h14,16H,3-13H2,1-2H3,(H,18,21). The Hall–Kier alpha value is -1.10. The Kier molecular flexibility index (Phi) is 6.68. The minimum atomic E-state index is -0.408. The van der Waals surface area contributed by atoms with Gasteiger partial charge in [-0.2, -0.15) is 0 Å². The zero-order valence-electron chi connectivity index (χ0n) is 14.1. The van der Waals surface area contributed by atoms with E-state index in [1.54, 1.807) is 6.92 Å². The first-order valence-corrected chi connectivity index (χ1v) is 8.84. The molecule has 0 spiro atoms. The molecule has 5 heteroatoms. The van der Waals surface area contributed by atoms with E-state index >= 15 is 0 Å². The Labute approximate surface area is 134 Å². The first-order chi connectivity index (χ1) is 10.6. The van der Waals surface area contributed by atoms with Crippen molar-refractivity contribution in [3.63, 3.8) is 0 Å². The van der Waals surface area contributed by atoms with Gasteiger partial charge in [0.1, 0.15) is 6.04 Å². The second kappa shape index (κ2) is 8.51. The van der Waals surface area contributed by atoms with E-state index in [-0.39, 0.29) is 11.8 Å². The molecule has 0 aromatic carbocycles. The molecule has 2 amide bonds. The Balaban J connectivity index is 1.82. The zero-order chi connectivity index (χ0) is 15.9. The van der Waals surface area contributed by atoms with Crippen LogP contribution in [0.2, 0.25) is 0 Å². The summed E-state index contributed by atoms with van der Waals surface area (Å²) in [6.07, 6.45) is 7.65. The average molecular weight is 309 g/mol. The first-order valence-electron chi connectivity index (χ1n) is 8.84. The Bertz CT molecular complexity index is 378. The van der Waals surface area contributed by atoms with E-state index in [1.165, 1.54) is 52.1 Å². The van der Waals surface area contributed by atoms with Gasteiger partial charge >= 0.3 is 0 Å². The topological polar surface area (TPSA) is 52.7 Å². The zero-order valence-corrected chi connectivity index (χ0v) is 14.1. The Morgan fingerprint density at radius 3 is 2.41 bits per heavy atom. The molecule has 1 N–H and O–H groups in total. The van der Waals surface area contributed by atoms with Gasteiger partial charge in [-0.15, -0.1) is 0 Å². The van der Waals surface area contributed by atoms with Gasteiger partial charge in [0.15, 0.2) is 0 Å². The van der Waals surface area contributed by atoms with Gasteiger partial charge < -0.3 is 15.1 Å². The Morgan fingerprint density at radius 1 is 1.09 bits per heavy atom. The van der Waals surface area contributed by atoms with Crippen molar-refractivity contribution in [3.8, 4) is 0 Å². The molecule has 2 aliphatic rings. The maximum absolute atomic E-state index is 12.4. The van der Waals surface area contributed by atoms with E-state index in [4.69, 9.17) is 0 Å². The van der Waals surface area contributed by atoms with Gasteiger partial charge in [-0.1, -0.05) is 12.8 Å². The fourth-order valence-electron chi connectivity index (χ4n) is 3.74. The van der Waals surface area contributed by atoms with Crippen molar-refractivity contribution >= 4 is 11.8 Å². The van der Waals surface area contributed by atoms with Crippen molar-refractivity contribution in [2.75, 3.05) is 32.7 Å². The highest BCUT2D eigenvalue weighted by atomic mass is 16.2. The van der Waals surface area contributed by atoms with Crippen molar-refractivity contribution in [2.45, 2.75) is 58.4 Å². The molecular formula is C17H31N3O2. The molecule has 2 rings (SSSR count). The van der Waals surface area contributed by atoms with Crippen molar-refractivity contribution in [3.05, 3.63) is 0 Å². The minimum Gasteiger partial charge on any atom is -0.345 e. The monoisotopic (exact) mass is 309 g/mol. The number of hydrogen-bond acceptors (Lipinski definition) is 3. The number of likely N-dealkylation sites (tertiary alicyclic amines) is 2. The summed E-state index contributed by atoms with van der Waals surface area (Å²) >= 11 is 0. The maximum Gasteiger partial charge on any atom is 0.244 e. The van der Waals surface area contributed by atoms with Crippen LogP contribution in [0.15, 0.2) is 0 Å². The number of hydrogen-bond donors (Lipinski definition) is 1. The van der Waals surface area contributed by atoms with Gasteiger partial charge in [-0.3, -0.25) is 9.59 Å². The van der Waals surface area contributed by atoms with Gasteiger partial charge in [-0.05, 0) is 51.6 Å². The molecule has 0 aromatic rings. The van der Waals surface area contributed by atoms with Crippen molar-refractivity contribution in [2.24, 2.45) is 5.92 Å². The number of amides is 2. The van der Waals surface area contributed by atoms with E-state index in [0.717, 1.165) is 26.1 Å². The lowest BCUT2D eigenvalue weighted by Crippen LogP contribution is -2.51. The molecule has 0 saturated carbocycles. The molecule has 0 aliphatic carbocycles. The highest BCUT2D eigenvalue weighted by Crippen LogP contribution is 2.20. The molecule has 2 heterocycles. The third kappa shape index (κ3) is 5.27. The average Bonchev–Trinajstić information content (AvgIpc) is 2.74. The summed E-state index contributed by atoms with van der Waals surface area (Å²) in [6, 6.07) is -0.408. The molecule has 0 radical (unpaired) electrons. The molecular weight excluding hydrogens is 278 g/mol. The van der Waals surface area contributed by atoms with Crippen LogP contribution in [0.25, 0.3) is 0 Å². The minimum absolute atomic E-state index is 0.0655. The number of piperidine rings is 1. The van der Waals surface area contributed by atoms with Crippen LogP contribution in [-0.2, 0) is 9.59 Å². The molecule has 2 saturated heterocycles. The van der Waals surface area contributed by atoms with E-state index in [1.807, 2.05) is 4.90 Å². The van der Waals surface area contributed by atoms with E-state index in [2.05, 4.69) is 10.2 Å². The van der Waals surface area contributed by atoms with Crippen LogP contribution < -0.4 is 5.32 Å². The number of nitrogens with zero attached hydrogens (tertiary/aromatic N) is 2. The quantitative estimate of drug-likeness (QED) is 0.859. The highest BCUT2D eigenvalue weighted by Gasteiger charge is 2.28. The van der Waals surface area contributed by atoms with Crippen molar-refractivity contribution < 1.29 is 9.59 Å². The first kappa shape index (κ1) is 17.3. The fraction of sp³-hybridized carbons (Fsp3) is 0.882. The highest BCUT2D eigenvalue weighted by molar-refractivity contribution is 5.86. The molecule has 126 valence electrons. The third-order valence-electron chi connectivity index (χ3n) is 4.84. The predicted octanol–water partition coefficient (Wildman–Crippen LogP) is 1.63. The summed E-state index contributed by atoms with van der Waals surface area (Å²) in [7, 11) is 0. The van der Waals surface area contributed by atoms with Crippen LogP contribution in [0.5, 0.6) is 0 Å². The van der Waals surface area contributed by atoms with Gasteiger partial charge in [0.05, 0.1) is 0 Å². The summed E-state index contributed by atoms with van der Waals surface area (Å²) < 4.78 is 0. The van der Waals surface area contributed by atoms with Crippen molar-refractivity contribution in [1.82, 2.24) is 15.1 Å². The molecule has 2 aliphatic heterocycles. The van der Waals surface area contributed by atoms with Crippen LogP contribution in [0, 0.1) is 5.92 Å². The Morgan fingerprint density at radius 2 is 1.77 bits per heavy atom. The van der Waals surface area contributed by atoms with Crippen LogP contribution in [0.4, 0.5) is 0 Å². The smallest absolute Gasteiger partial charge is 0.244 e. The third-order valence-corrected chi connectivity index (χ3v) is 4.84. The number of rotatable bonds is 4. The van der Waals surface area contributed by atoms with Crippen LogP contribution in [-0.4, -0.2) is 60.4 Å². The number of nitrogens with one attached hydrogen (secondary N) is 1. The normalized spacial score (nSPS) is 25.4. The van der Waals surface area contributed by atoms with Gasteiger partial charge in [0.2, 0.25) is 11.8 Å². The SMILES string of the molecule is CC(=O)NC(C)C(=O)N1CCCC(CN2CCCCCC2)C1. The van der Waals surface area contributed by atoms with Gasteiger partial charge in [0, 0.05) is 26.6 Å². The number of carbonyl (C=O) groups excluding carboxylic acids is 2. The fourth-order valence-corrected chi connectivity index (χ4v) is 3.74. The summed E-state index contributed by atoms with van der Waals surface area (Å²) in [4.78, 5) is 28.1. The molecule has 2 atom stereocenters. The number of carbonyl (C=O) groups is 2. The second-order valence-corrected chi connectivity index (χ2v) is 6.93. The summed E-state index contributed by atoms with van der Waals surface area (Å²) in [6.45, 7) is 8.47. The predicted molar refractivity (Wildman–Crippen MR) is 87.5 cm³/mol. The van der Waals surface area contributed by atoms with E-state index in [9.17, 15) is 9.59 Å². The summed E-state index contributed by atoms with van der Waals surface area (Å²) in [5, 5.41) is 2.70. The lowest BCUT2D eigenvalue weighted by Gasteiger charge is -2.36. The molecule has 0 bridgehead atoms. The molecule has 5 nitrogen and oxygen atoms in total. The second-order valence-electron chi connectivity index (χ2n) is 6.93. The van der Waals surface area contributed by atoms with Gasteiger partial charge in [-0.25, -0.2) is 0 Å². The summed E-state index contributed by atoms with van der Waals surface area (Å²) in [5.41, 5.74) is 0. The van der Waals surface area contributed by atoms with E-state index in [0.29, 0.717) is 5.92 Å². The maximum atomic E-state index is 12.4. The lowest BCUT2D eigenvalue weighted by molar-refractivity contribution is -0.137. The van der Waals surface area contributed by atoms with Crippen molar-refractivity contribution in [1.29, 1.82) is 0 Å². The molecule has 2 unspecified atom stereocenters. The van der Waals surface area contributed by atoms with Crippen LogP contribution in [0.1, 0.15) is 52.4 Å². The summed E-state index contributed by atoms with van der Waals surface area (Å²) in [5.74, 6) is 0.509.